The van der Waals surface area contributed by atoms with Crippen LogP contribution in [0.5, 0.6) is 5.75 Å². The van der Waals surface area contributed by atoms with E-state index in [0.717, 1.165) is 33.2 Å². The Morgan fingerprint density at radius 2 is 1.67 bits per heavy atom. The summed E-state index contributed by atoms with van der Waals surface area (Å²) in [5.41, 5.74) is 5.62. The molecule has 4 aromatic rings. The number of ketones is 1. The van der Waals surface area contributed by atoms with Crippen LogP contribution in [0, 0.1) is 20.8 Å². The monoisotopic (exact) mass is 396 g/mol. The van der Waals surface area contributed by atoms with Crippen molar-refractivity contribution in [1.29, 1.82) is 0 Å². The molecule has 0 atom stereocenters. The summed E-state index contributed by atoms with van der Waals surface area (Å²) in [4.78, 5) is 13.0. The maximum absolute atomic E-state index is 13.0. The highest BCUT2D eigenvalue weighted by Gasteiger charge is 2.13. The first kappa shape index (κ1) is 19.7. The highest BCUT2D eigenvalue weighted by Crippen LogP contribution is 2.28. The third-order valence-corrected chi connectivity index (χ3v) is 5.15. The third-order valence-electron chi connectivity index (χ3n) is 5.15. The van der Waals surface area contributed by atoms with Gasteiger partial charge in [0.25, 0.3) is 0 Å². The van der Waals surface area contributed by atoms with Gasteiger partial charge in [-0.15, -0.1) is 0 Å². The second-order valence-electron chi connectivity index (χ2n) is 7.56. The van der Waals surface area contributed by atoms with Crippen molar-refractivity contribution in [3.63, 3.8) is 0 Å². The van der Waals surface area contributed by atoms with Crippen LogP contribution in [0.15, 0.2) is 77.2 Å². The molecule has 0 aliphatic rings. The van der Waals surface area contributed by atoms with Gasteiger partial charge in [-0.05, 0) is 62.2 Å². The molecule has 0 spiro atoms. The van der Waals surface area contributed by atoms with E-state index in [9.17, 15) is 4.79 Å². The Bertz CT molecular complexity index is 1230. The van der Waals surface area contributed by atoms with Gasteiger partial charge in [-0.1, -0.05) is 54.1 Å². The molecule has 30 heavy (non-hydrogen) atoms. The summed E-state index contributed by atoms with van der Waals surface area (Å²) in [5, 5.41) is 1.06. The first-order chi connectivity index (χ1) is 14.5. The van der Waals surface area contributed by atoms with E-state index in [4.69, 9.17) is 9.15 Å². The number of carbonyl (C=O) groups is 1. The molecule has 0 unspecified atom stereocenters. The summed E-state index contributed by atoms with van der Waals surface area (Å²) in [5.74, 6) is 1.16. The van der Waals surface area contributed by atoms with E-state index in [1.165, 1.54) is 0 Å². The summed E-state index contributed by atoms with van der Waals surface area (Å²) in [6, 6.07) is 21.7. The quantitative estimate of drug-likeness (QED) is 0.265. The SMILES string of the molecule is Cc1ccc(OCc2ccccc2)c(C(=O)C=Cc2oc3cc(C)ccc3c2C)c1. The van der Waals surface area contributed by atoms with Gasteiger partial charge in [0.2, 0.25) is 0 Å². The number of aryl methyl sites for hydroxylation is 3. The van der Waals surface area contributed by atoms with Gasteiger partial charge in [-0.2, -0.15) is 0 Å². The van der Waals surface area contributed by atoms with Crippen LogP contribution in [0.25, 0.3) is 17.0 Å². The second-order valence-corrected chi connectivity index (χ2v) is 7.56. The van der Waals surface area contributed by atoms with Crippen molar-refractivity contribution in [2.45, 2.75) is 27.4 Å². The zero-order chi connectivity index (χ0) is 21.1. The molecular formula is C27H24O3. The number of furan rings is 1. The zero-order valence-corrected chi connectivity index (χ0v) is 17.4. The maximum atomic E-state index is 13.0. The molecule has 1 aromatic heterocycles. The summed E-state index contributed by atoms with van der Waals surface area (Å²) in [6.45, 7) is 6.42. The molecular weight excluding hydrogens is 372 g/mol. The molecule has 150 valence electrons. The molecule has 4 rings (SSSR count). The standard InChI is InChI=1S/C27H24O3/c1-18-10-13-26(29-17-21-7-5-4-6-8-21)23(15-18)24(28)12-14-25-20(3)22-11-9-19(2)16-27(22)30-25/h4-16H,17H2,1-3H3. The Morgan fingerprint density at radius 3 is 2.47 bits per heavy atom. The molecule has 3 heteroatoms. The minimum atomic E-state index is -0.113. The molecule has 0 bridgehead atoms. The Morgan fingerprint density at radius 1 is 0.933 bits per heavy atom. The van der Waals surface area contributed by atoms with Gasteiger partial charge >= 0.3 is 0 Å². The maximum Gasteiger partial charge on any atom is 0.189 e. The van der Waals surface area contributed by atoms with Gasteiger partial charge in [0.1, 0.15) is 23.7 Å². The van der Waals surface area contributed by atoms with Crippen molar-refractivity contribution in [3.05, 3.63) is 106 Å². The number of ether oxygens (including phenoxy) is 1. The first-order valence-electron chi connectivity index (χ1n) is 10.0. The Kier molecular flexibility index (Phi) is 5.53. The summed E-state index contributed by atoms with van der Waals surface area (Å²) in [6.07, 6.45) is 3.30. The van der Waals surface area contributed by atoms with Gasteiger partial charge in [0.05, 0.1) is 5.56 Å². The lowest BCUT2D eigenvalue weighted by molar-refractivity contribution is 0.104. The fourth-order valence-electron chi connectivity index (χ4n) is 3.45. The molecule has 3 aromatic carbocycles. The lowest BCUT2D eigenvalue weighted by Gasteiger charge is -2.11. The lowest BCUT2D eigenvalue weighted by Crippen LogP contribution is -2.03. The van der Waals surface area contributed by atoms with Crippen LogP contribution in [0.4, 0.5) is 0 Å². The molecule has 0 amide bonds. The minimum absolute atomic E-state index is 0.113. The van der Waals surface area contributed by atoms with E-state index in [1.807, 2.05) is 75.4 Å². The second kappa shape index (κ2) is 8.42. The van der Waals surface area contributed by atoms with Gasteiger partial charge in [-0.25, -0.2) is 0 Å². The van der Waals surface area contributed by atoms with Crippen molar-refractivity contribution in [1.82, 2.24) is 0 Å². The fourth-order valence-corrected chi connectivity index (χ4v) is 3.45. The lowest BCUT2D eigenvalue weighted by atomic mass is 10.1. The number of fused-ring (bicyclic) bond motifs is 1. The highest BCUT2D eigenvalue weighted by atomic mass is 16.5. The van der Waals surface area contributed by atoms with E-state index in [2.05, 4.69) is 12.1 Å². The summed E-state index contributed by atoms with van der Waals surface area (Å²) in [7, 11) is 0. The topological polar surface area (TPSA) is 39.4 Å². The molecule has 0 N–H and O–H groups in total. The van der Waals surface area contributed by atoms with Gasteiger partial charge in [-0.3, -0.25) is 4.79 Å². The van der Waals surface area contributed by atoms with Crippen LogP contribution in [0.1, 0.15) is 38.4 Å². The predicted molar refractivity (Wildman–Crippen MR) is 121 cm³/mol. The van der Waals surface area contributed by atoms with Crippen LogP contribution in [0.3, 0.4) is 0 Å². The zero-order valence-electron chi connectivity index (χ0n) is 17.4. The van der Waals surface area contributed by atoms with Crippen LogP contribution in [-0.4, -0.2) is 5.78 Å². The first-order valence-corrected chi connectivity index (χ1v) is 10.0. The molecule has 1 heterocycles. The number of benzene rings is 3. The number of carbonyl (C=O) groups excluding carboxylic acids is 1. The Balaban J connectivity index is 1.58. The molecule has 3 nitrogen and oxygen atoms in total. The van der Waals surface area contributed by atoms with Crippen molar-refractivity contribution in [2.24, 2.45) is 0 Å². The molecule has 0 saturated carbocycles. The number of hydrogen-bond acceptors (Lipinski definition) is 3. The minimum Gasteiger partial charge on any atom is -0.488 e. The van der Waals surface area contributed by atoms with Gasteiger partial charge < -0.3 is 9.15 Å². The van der Waals surface area contributed by atoms with Crippen molar-refractivity contribution in [3.8, 4) is 5.75 Å². The summed E-state index contributed by atoms with van der Waals surface area (Å²) >= 11 is 0. The van der Waals surface area contributed by atoms with E-state index in [1.54, 1.807) is 12.2 Å². The van der Waals surface area contributed by atoms with Crippen LogP contribution in [0.2, 0.25) is 0 Å². The molecule has 0 fully saturated rings. The molecule has 0 aliphatic carbocycles. The Hall–Kier alpha value is -3.59. The number of hydrogen-bond donors (Lipinski definition) is 0. The predicted octanol–water partition coefficient (Wildman–Crippen LogP) is 6.83. The normalized spacial score (nSPS) is 11.3. The van der Waals surface area contributed by atoms with E-state index < -0.39 is 0 Å². The molecule has 0 radical (unpaired) electrons. The van der Waals surface area contributed by atoms with Gasteiger partial charge in [0.15, 0.2) is 5.78 Å². The largest absolute Gasteiger partial charge is 0.488 e. The van der Waals surface area contributed by atoms with Crippen LogP contribution >= 0.6 is 0 Å². The number of rotatable bonds is 6. The average Bonchev–Trinajstić information content (AvgIpc) is 3.06. The third kappa shape index (κ3) is 4.20. The van der Waals surface area contributed by atoms with E-state index >= 15 is 0 Å². The Labute approximate surface area is 176 Å². The van der Waals surface area contributed by atoms with Crippen LogP contribution in [-0.2, 0) is 6.61 Å². The average molecular weight is 396 g/mol. The van der Waals surface area contributed by atoms with E-state index in [-0.39, 0.29) is 5.78 Å². The fraction of sp³-hybridized carbons (Fsp3) is 0.148. The van der Waals surface area contributed by atoms with Gasteiger partial charge in [0, 0.05) is 10.9 Å². The number of allylic oxidation sites excluding steroid dienone is 1. The van der Waals surface area contributed by atoms with Crippen molar-refractivity contribution < 1.29 is 13.9 Å². The van der Waals surface area contributed by atoms with Crippen molar-refractivity contribution in [2.75, 3.05) is 0 Å². The van der Waals surface area contributed by atoms with E-state index in [0.29, 0.717) is 23.7 Å². The van der Waals surface area contributed by atoms with Crippen LogP contribution < -0.4 is 4.74 Å². The smallest absolute Gasteiger partial charge is 0.189 e. The highest BCUT2D eigenvalue weighted by molar-refractivity contribution is 6.09. The van der Waals surface area contributed by atoms with Crippen molar-refractivity contribution >= 4 is 22.8 Å². The summed E-state index contributed by atoms with van der Waals surface area (Å²) < 4.78 is 11.9. The molecule has 0 saturated heterocycles. The molecule has 0 aliphatic heterocycles.